The molecule has 0 saturated carbocycles. The fourth-order valence-corrected chi connectivity index (χ4v) is 2.43. The number of nitrogens with one attached hydrogen (secondary N) is 1. The standard InChI is InChI=1S/C13H15N3O4S/c1-20-7-8(12(18)19)14-11(17)10-9-5-3-4-6-16(9)13(15-10)21-2/h3-6,8H,7H2,1-2H3,(H,14,17)(H,18,19). The van der Waals surface area contributed by atoms with Gasteiger partial charge in [-0.25, -0.2) is 9.78 Å². The van der Waals surface area contributed by atoms with Gasteiger partial charge in [0.1, 0.15) is 0 Å². The van der Waals surface area contributed by atoms with E-state index in [-0.39, 0.29) is 12.3 Å². The Morgan fingerprint density at radius 3 is 2.90 bits per heavy atom. The van der Waals surface area contributed by atoms with E-state index in [4.69, 9.17) is 9.84 Å². The summed E-state index contributed by atoms with van der Waals surface area (Å²) in [5.41, 5.74) is 0.822. The molecule has 2 aromatic heterocycles. The molecule has 0 fully saturated rings. The number of nitrogens with zero attached hydrogens (tertiary/aromatic N) is 2. The lowest BCUT2D eigenvalue weighted by atomic mass is 10.2. The minimum Gasteiger partial charge on any atom is -0.480 e. The molecule has 1 atom stereocenters. The van der Waals surface area contributed by atoms with E-state index in [1.165, 1.54) is 18.9 Å². The Labute approximate surface area is 125 Å². The lowest BCUT2D eigenvalue weighted by Gasteiger charge is -2.12. The third-order valence-electron chi connectivity index (χ3n) is 2.85. The number of aromatic nitrogens is 2. The second kappa shape index (κ2) is 6.59. The first-order chi connectivity index (χ1) is 10.1. The van der Waals surface area contributed by atoms with E-state index < -0.39 is 17.9 Å². The van der Waals surface area contributed by atoms with Crippen LogP contribution in [-0.4, -0.2) is 52.4 Å². The monoisotopic (exact) mass is 309 g/mol. The third-order valence-corrected chi connectivity index (χ3v) is 3.50. The zero-order valence-electron chi connectivity index (χ0n) is 11.6. The number of amides is 1. The quantitative estimate of drug-likeness (QED) is 0.770. The van der Waals surface area contributed by atoms with Crippen LogP contribution in [0.2, 0.25) is 0 Å². The van der Waals surface area contributed by atoms with E-state index in [2.05, 4.69) is 10.3 Å². The number of fused-ring (bicyclic) bond motifs is 1. The zero-order chi connectivity index (χ0) is 15.4. The smallest absolute Gasteiger partial charge is 0.328 e. The van der Waals surface area contributed by atoms with Gasteiger partial charge in [-0.3, -0.25) is 9.20 Å². The molecule has 0 aliphatic carbocycles. The molecule has 21 heavy (non-hydrogen) atoms. The maximum Gasteiger partial charge on any atom is 0.328 e. The molecule has 7 nitrogen and oxygen atoms in total. The highest BCUT2D eigenvalue weighted by molar-refractivity contribution is 7.98. The van der Waals surface area contributed by atoms with Crippen LogP contribution in [0.1, 0.15) is 10.5 Å². The topological polar surface area (TPSA) is 92.9 Å². The molecule has 2 rings (SSSR count). The number of rotatable bonds is 6. The van der Waals surface area contributed by atoms with Crippen LogP contribution >= 0.6 is 11.8 Å². The molecule has 0 aromatic carbocycles. The first-order valence-electron chi connectivity index (χ1n) is 6.12. The first-order valence-corrected chi connectivity index (χ1v) is 7.34. The predicted octanol–water partition coefficient (Wildman–Crippen LogP) is 0.886. The van der Waals surface area contributed by atoms with Crippen molar-refractivity contribution < 1.29 is 19.4 Å². The van der Waals surface area contributed by atoms with Gasteiger partial charge < -0.3 is 15.2 Å². The molecular weight excluding hydrogens is 294 g/mol. The maximum atomic E-state index is 12.3. The summed E-state index contributed by atoms with van der Waals surface area (Å²) in [7, 11) is 1.37. The van der Waals surface area contributed by atoms with E-state index in [0.29, 0.717) is 10.7 Å². The maximum absolute atomic E-state index is 12.3. The molecule has 2 N–H and O–H groups in total. The lowest BCUT2D eigenvalue weighted by Crippen LogP contribution is -2.44. The van der Waals surface area contributed by atoms with Crippen molar-refractivity contribution >= 4 is 29.2 Å². The molecule has 0 bridgehead atoms. The summed E-state index contributed by atoms with van der Waals surface area (Å²) in [4.78, 5) is 27.6. The Morgan fingerprint density at radius 2 is 2.29 bits per heavy atom. The van der Waals surface area contributed by atoms with Gasteiger partial charge in [0.25, 0.3) is 5.91 Å². The van der Waals surface area contributed by atoms with Gasteiger partial charge in [-0.15, -0.1) is 0 Å². The first kappa shape index (κ1) is 15.3. The molecule has 2 aromatic rings. The number of ether oxygens (including phenoxy) is 1. The highest BCUT2D eigenvalue weighted by Gasteiger charge is 2.24. The number of imidazole rings is 1. The molecule has 0 aliphatic rings. The van der Waals surface area contributed by atoms with E-state index in [9.17, 15) is 9.59 Å². The molecule has 0 spiro atoms. The van der Waals surface area contributed by atoms with Gasteiger partial charge in [-0.1, -0.05) is 17.8 Å². The number of aliphatic carboxylic acids is 1. The van der Waals surface area contributed by atoms with Crippen LogP contribution in [0.25, 0.3) is 5.52 Å². The number of carboxylic acids is 1. The van der Waals surface area contributed by atoms with Gasteiger partial charge in [0, 0.05) is 13.3 Å². The summed E-state index contributed by atoms with van der Waals surface area (Å²) in [6, 6.07) is 4.27. The number of pyridine rings is 1. The number of carboxylic acid groups (broad SMARTS) is 1. The van der Waals surface area contributed by atoms with Gasteiger partial charge in [0.15, 0.2) is 16.9 Å². The van der Waals surface area contributed by atoms with Crippen LogP contribution < -0.4 is 5.32 Å². The minimum absolute atomic E-state index is 0.109. The van der Waals surface area contributed by atoms with Gasteiger partial charge in [0.2, 0.25) is 0 Å². The summed E-state index contributed by atoms with van der Waals surface area (Å²) in [6.45, 7) is -0.109. The van der Waals surface area contributed by atoms with E-state index in [1.54, 1.807) is 22.7 Å². The van der Waals surface area contributed by atoms with Crippen molar-refractivity contribution in [2.75, 3.05) is 20.0 Å². The molecule has 0 radical (unpaired) electrons. The SMILES string of the molecule is COCC(NC(=O)c1nc(SC)n2ccccc12)C(=O)O. The normalized spacial score (nSPS) is 12.3. The Morgan fingerprint density at radius 1 is 1.52 bits per heavy atom. The number of thioether (sulfide) groups is 1. The Bertz CT molecular complexity index is 670. The summed E-state index contributed by atoms with van der Waals surface area (Å²) >= 11 is 1.40. The van der Waals surface area contributed by atoms with Gasteiger partial charge >= 0.3 is 5.97 Å². The molecule has 1 unspecified atom stereocenters. The molecule has 1 amide bonds. The van der Waals surface area contributed by atoms with Crippen molar-refractivity contribution in [3.63, 3.8) is 0 Å². The highest BCUT2D eigenvalue weighted by atomic mass is 32.2. The number of carbonyl (C=O) groups excluding carboxylic acids is 1. The molecule has 8 heteroatoms. The van der Waals surface area contributed by atoms with Crippen molar-refractivity contribution in [1.82, 2.24) is 14.7 Å². The van der Waals surface area contributed by atoms with E-state index >= 15 is 0 Å². The highest BCUT2D eigenvalue weighted by Crippen LogP contribution is 2.19. The fourth-order valence-electron chi connectivity index (χ4n) is 1.89. The second-order valence-corrected chi connectivity index (χ2v) is 5.00. The summed E-state index contributed by atoms with van der Waals surface area (Å²) in [5.74, 6) is -1.69. The predicted molar refractivity (Wildman–Crippen MR) is 77.7 cm³/mol. The van der Waals surface area contributed by atoms with Crippen LogP contribution in [0, 0.1) is 0 Å². The lowest BCUT2D eigenvalue weighted by molar-refractivity contribution is -0.140. The van der Waals surface area contributed by atoms with Gasteiger partial charge in [-0.05, 0) is 18.4 Å². The Hall–Kier alpha value is -2.06. The van der Waals surface area contributed by atoms with Crippen molar-refractivity contribution in [2.24, 2.45) is 0 Å². The van der Waals surface area contributed by atoms with Crippen molar-refractivity contribution in [1.29, 1.82) is 0 Å². The van der Waals surface area contributed by atoms with Crippen molar-refractivity contribution in [3.05, 3.63) is 30.1 Å². The van der Waals surface area contributed by atoms with E-state index in [0.717, 1.165) is 0 Å². The van der Waals surface area contributed by atoms with E-state index in [1.807, 2.05) is 12.3 Å². The Balaban J connectivity index is 2.33. The largest absolute Gasteiger partial charge is 0.480 e. The van der Waals surface area contributed by atoms with Crippen LogP contribution in [0.15, 0.2) is 29.6 Å². The molecule has 0 aliphatic heterocycles. The van der Waals surface area contributed by atoms with Crippen LogP contribution in [-0.2, 0) is 9.53 Å². The third kappa shape index (κ3) is 3.17. The number of methoxy groups -OCH3 is 1. The van der Waals surface area contributed by atoms with Crippen LogP contribution in [0.5, 0.6) is 0 Å². The van der Waals surface area contributed by atoms with Crippen molar-refractivity contribution in [2.45, 2.75) is 11.2 Å². The second-order valence-electron chi connectivity index (χ2n) is 4.22. The van der Waals surface area contributed by atoms with Crippen molar-refractivity contribution in [3.8, 4) is 0 Å². The minimum atomic E-state index is -1.15. The number of hydrogen-bond acceptors (Lipinski definition) is 5. The summed E-state index contributed by atoms with van der Waals surface area (Å²) in [5, 5.41) is 12.1. The zero-order valence-corrected chi connectivity index (χ0v) is 12.4. The summed E-state index contributed by atoms with van der Waals surface area (Å²) in [6.07, 6.45) is 3.66. The summed E-state index contributed by atoms with van der Waals surface area (Å²) < 4.78 is 6.57. The average molecular weight is 309 g/mol. The molecular formula is C13H15N3O4S. The van der Waals surface area contributed by atoms with Gasteiger partial charge in [-0.2, -0.15) is 0 Å². The molecule has 2 heterocycles. The van der Waals surface area contributed by atoms with Crippen LogP contribution in [0.4, 0.5) is 0 Å². The average Bonchev–Trinajstić information content (AvgIpc) is 2.85. The van der Waals surface area contributed by atoms with Gasteiger partial charge in [0.05, 0.1) is 12.1 Å². The molecule has 0 saturated heterocycles. The van der Waals surface area contributed by atoms with Crippen LogP contribution in [0.3, 0.4) is 0 Å². The fraction of sp³-hybridized carbons (Fsp3) is 0.308. The number of carbonyl (C=O) groups is 2. The Kier molecular flexibility index (Phi) is 4.81. The molecule has 112 valence electrons. The number of hydrogen-bond donors (Lipinski definition) is 2.